The zero-order valence-corrected chi connectivity index (χ0v) is 16.7. The molecule has 0 aliphatic heterocycles. The van der Waals surface area contributed by atoms with Gasteiger partial charge in [-0.1, -0.05) is 5.16 Å². The van der Waals surface area contributed by atoms with Gasteiger partial charge in [-0.2, -0.15) is 0 Å². The molecule has 0 fully saturated rings. The van der Waals surface area contributed by atoms with E-state index < -0.39 is 41.1 Å². The molecule has 29 heavy (non-hydrogen) atoms. The number of ether oxygens (including phenoxy) is 1. The Balaban J connectivity index is 1.84. The Morgan fingerprint density at radius 2 is 1.93 bits per heavy atom. The largest absolute Gasteiger partial charge is 0.457 e. The van der Waals surface area contributed by atoms with E-state index in [-0.39, 0.29) is 23.1 Å². The number of nitrogen functional groups attached to an aromatic ring is 1. The molecule has 12 nitrogen and oxygen atoms in total. The van der Waals surface area contributed by atoms with E-state index in [2.05, 4.69) is 10.5 Å². The van der Waals surface area contributed by atoms with Crippen molar-refractivity contribution in [3.63, 3.8) is 0 Å². The van der Waals surface area contributed by atoms with Crippen LogP contribution in [0, 0.1) is 6.92 Å². The maximum absolute atomic E-state index is 12.2. The Bertz CT molecular complexity index is 1070. The van der Waals surface area contributed by atoms with Gasteiger partial charge in [-0.3, -0.25) is 28.3 Å². The number of thioether (sulfide) groups is 1. The lowest BCUT2D eigenvalue weighted by Gasteiger charge is -2.11. The number of hydrogen-bond acceptors (Lipinski definition) is 10. The lowest BCUT2D eigenvalue weighted by molar-refractivity contribution is -0.139. The molecule has 0 saturated carbocycles. The van der Waals surface area contributed by atoms with E-state index in [1.807, 2.05) is 0 Å². The van der Waals surface area contributed by atoms with Gasteiger partial charge in [0.2, 0.25) is 11.7 Å². The molecule has 0 saturated heterocycles. The normalized spacial score (nSPS) is 10.6. The molecule has 2 heterocycles. The number of rotatable bonds is 8. The van der Waals surface area contributed by atoms with Gasteiger partial charge in [-0.15, -0.1) is 11.8 Å². The molecule has 0 aliphatic carbocycles. The van der Waals surface area contributed by atoms with Gasteiger partial charge in [0, 0.05) is 20.2 Å². The van der Waals surface area contributed by atoms with Crippen molar-refractivity contribution in [2.75, 3.05) is 29.2 Å². The van der Waals surface area contributed by atoms with Crippen molar-refractivity contribution in [3.05, 3.63) is 38.2 Å². The van der Waals surface area contributed by atoms with Crippen LogP contribution in [0.2, 0.25) is 0 Å². The SMILES string of the molecule is Cc1cc(NC(=O)CSCC(=O)OCC(=O)c2c(N)n(C)c(=O)n(C)c2=O)no1. The average Bonchev–Trinajstić information content (AvgIpc) is 3.07. The number of aryl methyl sites for hydroxylation is 1. The van der Waals surface area contributed by atoms with Crippen molar-refractivity contribution < 1.29 is 23.6 Å². The van der Waals surface area contributed by atoms with E-state index in [1.165, 1.54) is 20.2 Å². The minimum absolute atomic E-state index is 0.0523. The molecule has 0 aromatic carbocycles. The summed E-state index contributed by atoms with van der Waals surface area (Å²) in [5.74, 6) is -1.75. The molecule has 0 radical (unpaired) electrons. The number of anilines is 2. The summed E-state index contributed by atoms with van der Waals surface area (Å²) in [4.78, 5) is 59.5. The van der Waals surface area contributed by atoms with E-state index in [0.29, 0.717) is 5.76 Å². The van der Waals surface area contributed by atoms with Crippen LogP contribution in [0.5, 0.6) is 0 Å². The summed E-state index contributed by atoms with van der Waals surface area (Å²) in [6.45, 7) is 0.953. The molecule has 0 unspecified atom stereocenters. The Morgan fingerprint density at radius 3 is 2.55 bits per heavy atom. The third-order valence-electron chi connectivity index (χ3n) is 3.70. The van der Waals surface area contributed by atoms with Gasteiger partial charge < -0.3 is 20.3 Å². The molecule has 0 bridgehead atoms. The second-order valence-electron chi connectivity index (χ2n) is 5.91. The number of hydrogen-bond donors (Lipinski definition) is 2. The first-order valence-electron chi connectivity index (χ1n) is 8.17. The standard InChI is InChI=1S/C16H19N5O7S/c1-8-4-10(19-28-8)18-11(23)6-29-7-12(24)27-5-9(22)13-14(17)20(2)16(26)21(3)15(13)25/h4H,5-7,17H2,1-3H3,(H,18,19,23). The topological polar surface area (TPSA) is 169 Å². The number of nitrogens with zero attached hydrogens (tertiary/aromatic N) is 3. The van der Waals surface area contributed by atoms with Crippen molar-refractivity contribution in [2.24, 2.45) is 14.1 Å². The fourth-order valence-electron chi connectivity index (χ4n) is 2.21. The number of esters is 1. The predicted octanol–water partition coefficient (Wildman–Crippen LogP) is -0.940. The van der Waals surface area contributed by atoms with Crippen LogP contribution in [0.1, 0.15) is 16.1 Å². The van der Waals surface area contributed by atoms with Crippen LogP contribution >= 0.6 is 11.8 Å². The Labute approximate surface area is 168 Å². The third kappa shape index (κ3) is 5.34. The molecule has 3 N–H and O–H groups in total. The predicted molar refractivity (Wildman–Crippen MR) is 104 cm³/mol. The van der Waals surface area contributed by atoms with Gasteiger partial charge in [0.25, 0.3) is 5.56 Å². The molecular formula is C16H19N5O7S. The highest BCUT2D eigenvalue weighted by Gasteiger charge is 2.21. The van der Waals surface area contributed by atoms with Gasteiger partial charge in [-0.25, -0.2) is 4.79 Å². The van der Waals surface area contributed by atoms with Gasteiger partial charge in [0.1, 0.15) is 17.1 Å². The zero-order chi connectivity index (χ0) is 21.7. The summed E-state index contributed by atoms with van der Waals surface area (Å²) in [6, 6.07) is 1.54. The first-order valence-corrected chi connectivity index (χ1v) is 9.32. The van der Waals surface area contributed by atoms with Gasteiger partial charge in [-0.05, 0) is 6.92 Å². The Hall–Kier alpha value is -3.35. The smallest absolute Gasteiger partial charge is 0.332 e. The van der Waals surface area contributed by atoms with Crippen molar-refractivity contribution in [1.29, 1.82) is 0 Å². The lowest BCUT2D eigenvalue weighted by Crippen LogP contribution is -2.42. The number of Topliss-reactive ketones (excluding diaryl/α,β-unsaturated/α-hetero) is 1. The van der Waals surface area contributed by atoms with Crippen molar-refractivity contribution in [1.82, 2.24) is 14.3 Å². The number of amides is 1. The fraction of sp³-hybridized carbons (Fsp3) is 0.375. The summed E-state index contributed by atoms with van der Waals surface area (Å²) in [5, 5.41) is 6.09. The van der Waals surface area contributed by atoms with Gasteiger partial charge in [0.15, 0.2) is 12.4 Å². The van der Waals surface area contributed by atoms with E-state index in [9.17, 15) is 24.0 Å². The summed E-state index contributed by atoms with van der Waals surface area (Å²) in [6.07, 6.45) is 0. The number of nitrogens with one attached hydrogen (secondary N) is 1. The number of aromatic nitrogens is 3. The van der Waals surface area contributed by atoms with Crippen LogP contribution in [-0.4, -0.2) is 50.1 Å². The number of ketones is 1. The summed E-state index contributed by atoms with van der Waals surface area (Å²) < 4.78 is 11.3. The lowest BCUT2D eigenvalue weighted by atomic mass is 10.2. The molecule has 2 aromatic heterocycles. The second kappa shape index (κ2) is 9.23. The molecule has 0 spiro atoms. The van der Waals surface area contributed by atoms with Crippen molar-refractivity contribution >= 4 is 41.1 Å². The first kappa shape index (κ1) is 21.9. The van der Waals surface area contributed by atoms with Crippen LogP contribution in [0.4, 0.5) is 11.6 Å². The number of carbonyl (C=O) groups excluding carboxylic acids is 3. The number of carbonyl (C=O) groups is 3. The fourth-order valence-corrected chi connectivity index (χ4v) is 2.82. The van der Waals surface area contributed by atoms with Crippen molar-refractivity contribution in [2.45, 2.75) is 6.92 Å². The van der Waals surface area contributed by atoms with E-state index in [0.717, 1.165) is 20.9 Å². The maximum atomic E-state index is 12.2. The monoisotopic (exact) mass is 425 g/mol. The van der Waals surface area contributed by atoms with Crippen molar-refractivity contribution in [3.8, 4) is 0 Å². The highest BCUT2D eigenvalue weighted by Crippen LogP contribution is 2.09. The van der Waals surface area contributed by atoms with Gasteiger partial charge in [0.05, 0.1) is 11.5 Å². The molecule has 1 amide bonds. The summed E-state index contributed by atoms with van der Waals surface area (Å²) in [5.41, 5.74) is 3.68. The molecule has 0 aliphatic rings. The van der Waals surface area contributed by atoms with Gasteiger partial charge >= 0.3 is 11.7 Å². The van der Waals surface area contributed by atoms with Crippen LogP contribution in [-0.2, 0) is 28.4 Å². The summed E-state index contributed by atoms with van der Waals surface area (Å²) in [7, 11) is 2.51. The Morgan fingerprint density at radius 1 is 1.24 bits per heavy atom. The molecule has 13 heteroatoms. The van der Waals surface area contributed by atoms with E-state index in [4.69, 9.17) is 15.0 Å². The van der Waals surface area contributed by atoms with Crippen LogP contribution in [0.3, 0.4) is 0 Å². The summed E-state index contributed by atoms with van der Waals surface area (Å²) >= 11 is 0.964. The molecule has 2 rings (SSSR count). The molecule has 2 aromatic rings. The highest BCUT2D eigenvalue weighted by molar-refractivity contribution is 8.00. The quantitative estimate of drug-likeness (QED) is 0.398. The number of nitrogens with two attached hydrogens (primary N) is 1. The Kier molecular flexibility index (Phi) is 6.98. The van der Waals surface area contributed by atoms with Crippen LogP contribution < -0.4 is 22.3 Å². The van der Waals surface area contributed by atoms with E-state index >= 15 is 0 Å². The average molecular weight is 425 g/mol. The highest BCUT2D eigenvalue weighted by atomic mass is 32.2. The minimum atomic E-state index is -0.874. The van der Waals surface area contributed by atoms with E-state index in [1.54, 1.807) is 6.92 Å². The van der Waals surface area contributed by atoms with Crippen LogP contribution in [0.25, 0.3) is 0 Å². The molecular weight excluding hydrogens is 406 g/mol. The maximum Gasteiger partial charge on any atom is 0.332 e. The van der Waals surface area contributed by atoms with Crippen LogP contribution in [0.15, 0.2) is 20.2 Å². The third-order valence-corrected chi connectivity index (χ3v) is 4.61. The zero-order valence-electron chi connectivity index (χ0n) is 15.9. The molecule has 0 atom stereocenters. The second-order valence-corrected chi connectivity index (χ2v) is 6.90. The first-order chi connectivity index (χ1) is 13.6. The minimum Gasteiger partial charge on any atom is -0.457 e. The molecule has 156 valence electrons.